The number of unbranched alkanes of at least 4 members (excludes halogenated alkanes) is 1. The standard InChI is InChI=1S/C21H24N4O4S/c1-4-5-11-17(19(26)23-18-12-14(2)29-24-18)28-20(27)16-13-22-21(30-3)25(16)15-9-7-6-8-10-15/h6-10,12-13,17H,4-5,11H2,1-3H3,(H,23,24,26). The van der Waals surface area contributed by atoms with Gasteiger partial charge in [0, 0.05) is 11.8 Å². The van der Waals surface area contributed by atoms with E-state index >= 15 is 0 Å². The van der Waals surface area contributed by atoms with Gasteiger partial charge < -0.3 is 14.6 Å². The fourth-order valence-corrected chi connectivity index (χ4v) is 3.45. The van der Waals surface area contributed by atoms with E-state index in [1.54, 1.807) is 17.6 Å². The van der Waals surface area contributed by atoms with Crippen LogP contribution >= 0.6 is 11.8 Å². The Bertz CT molecular complexity index is 1000. The highest BCUT2D eigenvalue weighted by Gasteiger charge is 2.27. The van der Waals surface area contributed by atoms with Crippen molar-refractivity contribution in [2.24, 2.45) is 0 Å². The van der Waals surface area contributed by atoms with E-state index in [0.717, 1.165) is 18.5 Å². The number of ether oxygens (including phenoxy) is 1. The van der Waals surface area contributed by atoms with E-state index < -0.39 is 18.0 Å². The van der Waals surface area contributed by atoms with Gasteiger partial charge in [-0.15, -0.1) is 0 Å². The minimum absolute atomic E-state index is 0.261. The molecule has 1 N–H and O–H groups in total. The molecule has 3 aromatic rings. The van der Waals surface area contributed by atoms with Crippen molar-refractivity contribution in [2.75, 3.05) is 11.6 Å². The van der Waals surface area contributed by atoms with Crippen LogP contribution in [0.4, 0.5) is 5.82 Å². The zero-order chi connectivity index (χ0) is 21.5. The topological polar surface area (TPSA) is 99.2 Å². The number of benzene rings is 1. The van der Waals surface area contributed by atoms with Gasteiger partial charge in [0.15, 0.2) is 22.8 Å². The molecule has 0 aliphatic heterocycles. The molecule has 9 heteroatoms. The lowest BCUT2D eigenvalue weighted by Crippen LogP contribution is -2.33. The van der Waals surface area contributed by atoms with E-state index in [0.29, 0.717) is 17.3 Å². The Morgan fingerprint density at radius 1 is 1.30 bits per heavy atom. The van der Waals surface area contributed by atoms with Crippen LogP contribution in [0.5, 0.6) is 0 Å². The van der Waals surface area contributed by atoms with Gasteiger partial charge >= 0.3 is 5.97 Å². The van der Waals surface area contributed by atoms with Crippen molar-refractivity contribution in [2.45, 2.75) is 44.4 Å². The first-order valence-electron chi connectivity index (χ1n) is 9.65. The number of esters is 1. The second-order valence-electron chi connectivity index (χ2n) is 6.65. The maximum absolute atomic E-state index is 13.0. The molecule has 0 aliphatic rings. The SMILES string of the molecule is CCCCC(OC(=O)c1cnc(SC)n1-c1ccccc1)C(=O)Nc1cc(C)on1. The number of carbonyl (C=O) groups is 2. The van der Waals surface area contributed by atoms with Gasteiger partial charge in [0.25, 0.3) is 5.91 Å². The second-order valence-corrected chi connectivity index (χ2v) is 7.42. The molecule has 0 aliphatic carbocycles. The van der Waals surface area contributed by atoms with Crippen molar-refractivity contribution in [3.63, 3.8) is 0 Å². The Morgan fingerprint density at radius 3 is 2.70 bits per heavy atom. The molecule has 0 saturated heterocycles. The highest BCUT2D eigenvalue weighted by atomic mass is 32.2. The molecule has 1 unspecified atom stereocenters. The van der Waals surface area contributed by atoms with Crippen LogP contribution in [-0.2, 0) is 9.53 Å². The quantitative estimate of drug-likeness (QED) is 0.402. The Labute approximate surface area is 179 Å². The van der Waals surface area contributed by atoms with E-state index in [9.17, 15) is 9.59 Å². The molecule has 1 aromatic carbocycles. The number of aromatic nitrogens is 3. The van der Waals surface area contributed by atoms with E-state index in [-0.39, 0.29) is 11.5 Å². The minimum Gasteiger partial charge on any atom is -0.448 e. The number of amides is 1. The lowest BCUT2D eigenvalue weighted by Gasteiger charge is -2.17. The number of hydrogen-bond acceptors (Lipinski definition) is 7. The summed E-state index contributed by atoms with van der Waals surface area (Å²) in [5, 5.41) is 7.06. The third-order valence-electron chi connectivity index (χ3n) is 4.38. The average molecular weight is 429 g/mol. The lowest BCUT2D eigenvalue weighted by atomic mass is 10.1. The third-order valence-corrected chi connectivity index (χ3v) is 5.03. The molecule has 0 radical (unpaired) electrons. The summed E-state index contributed by atoms with van der Waals surface area (Å²) in [6, 6.07) is 11.0. The molecule has 2 aromatic heterocycles. The molecular formula is C21H24N4O4S. The summed E-state index contributed by atoms with van der Waals surface area (Å²) in [6.45, 7) is 3.73. The summed E-state index contributed by atoms with van der Waals surface area (Å²) in [6.07, 6.45) is 4.40. The summed E-state index contributed by atoms with van der Waals surface area (Å²) in [5.74, 6) is -0.196. The fraction of sp³-hybridized carbons (Fsp3) is 0.333. The number of hydrogen-bond donors (Lipinski definition) is 1. The average Bonchev–Trinajstić information content (AvgIpc) is 3.37. The predicted molar refractivity (Wildman–Crippen MR) is 114 cm³/mol. The molecule has 0 saturated carbocycles. The van der Waals surface area contributed by atoms with Crippen molar-refractivity contribution < 1.29 is 18.8 Å². The summed E-state index contributed by atoms with van der Waals surface area (Å²) in [4.78, 5) is 30.0. The van der Waals surface area contributed by atoms with Crippen molar-refractivity contribution in [3.8, 4) is 5.69 Å². The molecule has 1 atom stereocenters. The number of nitrogens with one attached hydrogen (secondary N) is 1. The van der Waals surface area contributed by atoms with Gasteiger partial charge in [-0.3, -0.25) is 9.36 Å². The van der Waals surface area contributed by atoms with Crippen LogP contribution in [0, 0.1) is 6.92 Å². The third kappa shape index (κ3) is 5.10. The molecular weight excluding hydrogens is 404 g/mol. The van der Waals surface area contributed by atoms with Crippen LogP contribution in [0.25, 0.3) is 5.69 Å². The van der Waals surface area contributed by atoms with Gasteiger partial charge in [-0.05, 0) is 38.2 Å². The largest absolute Gasteiger partial charge is 0.448 e. The van der Waals surface area contributed by atoms with Gasteiger partial charge in [-0.25, -0.2) is 9.78 Å². The second kappa shape index (κ2) is 10.1. The minimum atomic E-state index is -0.952. The summed E-state index contributed by atoms with van der Waals surface area (Å²) >= 11 is 1.42. The number of rotatable bonds is 9. The van der Waals surface area contributed by atoms with E-state index in [4.69, 9.17) is 9.26 Å². The summed E-state index contributed by atoms with van der Waals surface area (Å²) in [7, 11) is 0. The number of thioether (sulfide) groups is 1. The number of carbonyl (C=O) groups excluding carboxylic acids is 2. The molecule has 0 bridgehead atoms. The normalized spacial score (nSPS) is 11.8. The molecule has 30 heavy (non-hydrogen) atoms. The van der Waals surface area contributed by atoms with Gasteiger partial charge in [0.1, 0.15) is 5.76 Å². The molecule has 0 spiro atoms. The number of para-hydroxylation sites is 1. The smallest absolute Gasteiger partial charge is 0.357 e. The van der Waals surface area contributed by atoms with Crippen molar-refractivity contribution in [1.82, 2.24) is 14.7 Å². The highest BCUT2D eigenvalue weighted by molar-refractivity contribution is 7.98. The number of nitrogens with zero attached hydrogens (tertiary/aromatic N) is 3. The monoisotopic (exact) mass is 428 g/mol. The number of anilines is 1. The Morgan fingerprint density at radius 2 is 2.07 bits per heavy atom. The first kappa shape index (κ1) is 21.6. The van der Waals surface area contributed by atoms with Gasteiger partial charge in [0.2, 0.25) is 0 Å². The lowest BCUT2D eigenvalue weighted by molar-refractivity contribution is -0.125. The van der Waals surface area contributed by atoms with Crippen LogP contribution in [0.1, 0.15) is 42.4 Å². The van der Waals surface area contributed by atoms with Gasteiger partial charge in [0.05, 0.1) is 6.20 Å². The predicted octanol–water partition coefficient (Wildman–Crippen LogP) is 4.24. The Balaban J connectivity index is 1.82. The van der Waals surface area contributed by atoms with Crippen molar-refractivity contribution >= 4 is 29.5 Å². The first-order chi connectivity index (χ1) is 14.5. The summed E-state index contributed by atoms with van der Waals surface area (Å²) in [5.41, 5.74) is 1.05. The van der Waals surface area contributed by atoms with Crippen LogP contribution in [0.2, 0.25) is 0 Å². The molecule has 2 heterocycles. The first-order valence-corrected chi connectivity index (χ1v) is 10.9. The molecule has 1 amide bonds. The van der Waals surface area contributed by atoms with Crippen LogP contribution < -0.4 is 5.32 Å². The van der Waals surface area contributed by atoms with Crippen LogP contribution in [0.3, 0.4) is 0 Å². The number of imidazole rings is 1. The maximum atomic E-state index is 13.0. The zero-order valence-electron chi connectivity index (χ0n) is 17.1. The van der Waals surface area contributed by atoms with E-state index in [1.165, 1.54) is 18.0 Å². The number of aryl methyl sites for hydroxylation is 1. The van der Waals surface area contributed by atoms with Gasteiger partial charge in [-0.2, -0.15) is 0 Å². The fourth-order valence-electron chi connectivity index (χ4n) is 2.90. The zero-order valence-corrected chi connectivity index (χ0v) is 17.9. The van der Waals surface area contributed by atoms with Crippen molar-refractivity contribution in [3.05, 3.63) is 54.0 Å². The van der Waals surface area contributed by atoms with Gasteiger partial charge in [-0.1, -0.05) is 48.5 Å². The highest BCUT2D eigenvalue weighted by Crippen LogP contribution is 2.23. The molecule has 0 fully saturated rings. The van der Waals surface area contributed by atoms with Crippen molar-refractivity contribution in [1.29, 1.82) is 0 Å². The summed E-state index contributed by atoms with van der Waals surface area (Å²) < 4.78 is 12.3. The van der Waals surface area contributed by atoms with E-state index in [2.05, 4.69) is 15.5 Å². The van der Waals surface area contributed by atoms with E-state index in [1.807, 2.05) is 43.5 Å². The Hall–Kier alpha value is -3.07. The maximum Gasteiger partial charge on any atom is 0.357 e. The van der Waals surface area contributed by atoms with Crippen LogP contribution in [-0.4, -0.2) is 38.9 Å². The molecule has 158 valence electrons. The molecule has 8 nitrogen and oxygen atoms in total. The Kier molecular flexibility index (Phi) is 7.29. The van der Waals surface area contributed by atoms with Crippen LogP contribution in [0.15, 0.2) is 52.3 Å². The molecule has 3 rings (SSSR count).